The second-order valence-corrected chi connectivity index (χ2v) is 7.92. The van der Waals surface area contributed by atoms with Crippen molar-refractivity contribution in [3.63, 3.8) is 0 Å². The van der Waals surface area contributed by atoms with Crippen LogP contribution < -0.4 is 16.8 Å². The average molecular weight is 399 g/mol. The number of nitrogens with zero attached hydrogens (tertiary/aromatic N) is 3. The Kier molecular flexibility index (Phi) is 6.15. The van der Waals surface area contributed by atoms with E-state index in [1.165, 1.54) is 11.8 Å². The van der Waals surface area contributed by atoms with Gasteiger partial charge < -0.3 is 16.8 Å². The zero-order chi connectivity index (χ0) is 19.2. The highest BCUT2D eigenvalue weighted by molar-refractivity contribution is 8.00. The van der Waals surface area contributed by atoms with Gasteiger partial charge in [0.15, 0.2) is 5.16 Å². The maximum Gasteiger partial charge on any atom is 0.237 e. The van der Waals surface area contributed by atoms with Crippen molar-refractivity contribution in [2.45, 2.75) is 27.1 Å². The van der Waals surface area contributed by atoms with Gasteiger partial charge in [-0.1, -0.05) is 53.9 Å². The van der Waals surface area contributed by atoms with Gasteiger partial charge in [0.1, 0.15) is 0 Å². The van der Waals surface area contributed by atoms with Gasteiger partial charge in [0, 0.05) is 9.79 Å². The maximum absolute atomic E-state index is 12.6. The number of nitrogen functional groups attached to an aromatic ring is 2. The molecule has 1 heterocycles. The second-order valence-electron chi connectivity index (χ2n) is 5.49. The van der Waals surface area contributed by atoms with Crippen molar-refractivity contribution in [3.05, 3.63) is 54.6 Å². The molecule has 0 bridgehead atoms. The normalized spacial score (nSPS) is 11.7. The predicted molar refractivity (Wildman–Crippen MR) is 110 cm³/mol. The first kappa shape index (κ1) is 19.0. The Morgan fingerprint density at radius 3 is 2.30 bits per heavy atom. The van der Waals surface area contributed by atoms with Crippen LogP contribution in [-0.4, -0.2) is 26.1 Å². The van der Waals surface area contributed by atoms with Crippen LogP contribution in [0.5, 0.6) is 0 Å². The summed E-state index contributed by atoms with van der Waals surface area (Å²) in [5.74, 6) is -0.108. The van der Waals surface area contributed by atoms with Crippen LogP contribution in [0.3, 0.4) is 0 Å². The Labute approximate surface area is 165 Å². The highest BCUT2D eigenvalue weighted by Crippen LogP contribution is 2.33. The molecule has 1 unspecified atom stereocenters. The Morgan fingerprint density at radius 1 is 0.963 bits per heavy atom. The van der Waals surface area contributed by atoms with Gasteiger partial charge in [-0.3, -0.25) is 4.79 Å². The van der Waals surface area contributed by atoms with Gasteiger partial charge in [-0.25, -0.2) is 0 Å². The van der Waals surface area contributed by atoms with Gasteiger partial charge in [0.25, 0.3) is 0 Å². The van der Waals surface area contributed by atoms with E-state index in [4.69, 9.17) is 11.5 Å². The molecule has 0 fully saturated rings. The fraction of sp³-hybridized carbons (Fsp3) is 0.111. The Balaban J connectivity index is 1.70. The summed E-state index contributed by atoms with van der Waals surface area (Å²) in [4.78, 5) is 26.4. The molecule has 27 heavy (non-hydrogen) atoms. The lowest BCUT2D eigenvalue weighted by atomic mass is 10.3. The number of nitrogens with one attached hydrogen (secondary N) is 1. The minimum Gasteiger partial charge on any atom is -0.368 e. The molecule has 0 aliphatic carbocycles. The first-order valence-corrected chi connectivity index (χ1v) is 9.77. The van der Waals surface area contributed by atoms with E-state index < -0.39 is 5.25 Å². The lowest BCUT2D eigenvalue weighted by Gasteiger charge is -2.14. The molecule has 0 saturated heterocycles. The molecule has 9 heteroatoms. The van der Waals surface area contributed by atoms with Crippen molar-refractivity contribution >= 4 is 47.0 Å². The van der Waals surface area contributed by atoms with Crippen molar-refractivity contribution in [2.24, 2.45) is 0 Å². The molecule has 5 N–H and O–H groups in total. The van der Waals surface area contributed by atoms with Crippen LogP contribution in [0.2, 0.25) is 0 Å². The van der Waals surface area contributed by atoms with Crippen LogP contribution in [0.1, 0.15) is 6.92 Å². The van der Waals surface area contributed by atoms with E-state index in [0.29, 0.717) is 5.16 Å². The minimum atomic E-state index is -0.444. The number of aromatic nitrogens is 3. The SMILES string of the molecule is CC(Sc1nc(N)nc(N)n1)C(=O)Nc1ccccc1Sc1ccccc1. The van der Waals surface area contributed by atoms with E-state index in [0.717, 1.165) is 15.5 Å². The summed E-state index contributed by atoms with van der Waals surface area (Å²) in [5, 5.41) is 2.84. The fourth-order valence-electron chi connectivity index (χ4n) is 2.16. The highest BCUT2D eigenvalue weighted by atomic mass is 32.2. The van der Waals surface area contributed by atoms with Crippen molar-refractivity contribution < 1.29 is 4.79 Å². The van der Waals surface area contributed by atoms with Crippen molar-refractivity contribution in [1.82, 2.24) is 15.0 Å². The average Bonchev–Trinajstić information content (AvgIpc) is 2.63. The van der Waals surface area contributed by atoms with E-state index in [9.17, 15) is 4.79 Å². The topological polar surface area (TPSA) is 120 Å². The second kappa shape index (κ2) is 8.74. The number of benzene rings is 2. The molecule has 0 aliphatic heterocycles. The zero-order valence-electron chi connectivity index (χ0n) is 14.5. The molecule has 7 nitrogen and oxygen atoms in total. The van der Waals surface area contributed by atoms with Crippen LogP contribution in [0.15, 0.2) is 69.5 Å². The summed E-state index contributed by atoms with van der Waals surface area (Å²) in [5.41, 5.74) is 11.9. The number of carbonyl (C=O) groups excluding carboxylic acids is 1. The number of hydrogen-bond donors (Lipinski definition) is 3. The molecular weight excluding hydrogens is 380 g/mol. The van der Waals surface area contributed by atoms with Crippen molar-refractivity contribution in [1.29, 1.82) is 0 Å². The smallest absolute Gasteiger partial charge is 0.237 e. The van der Waals surface area contributed by atoms with Crippen LogP contribution >= 0.6 is 23.5 Å². The third kappa shape index (κ3) is 5.35. The number of thioether (sulfide) groups is 1. The summed E-state index contributed by atoms with van der Waals surface area (Å²) in [6.45, 7) is 1.77. The number of nitrogens with two attached hydrogens (primary N) is 2. The quantitative estimate of drug-likeness (QED) is 0.541. The third-order valence-electron chi connectivity index (χ3n) is 3.42. The summed E-state index contributed by atoms with van der Waals surface area (Å²) < 4.78 is 0. The molecule has 2 aromatic carbocycles. The molecule has 1 aromatic heterocycles. The fourth-order valence-corrected chi connectivity index (χ4v) is 3.86. The van der Waals surface area contributed by atoms with Gasteiger partial charge in [0.2, 0.25) is 17.8 Å². The summed E-state index contributed by atoms with van der Waals surface area (Å²) in [6.07, 6.45) is 0. The molecule has 0 radical (unpaired) electrons. The van der Waals surface area contributed by atoms with E-state index in [-0.39, 0.29) is 17.8 Å². The lowest BCUT2D eigenvalue weighted by molar-refractivity contribution is -0.115. The number of hydrogen-bond acceptors (Lipinski definition) is 8. The highest BCUT2D eigenvalue weighted by Gasteiger charge is 2.18. The number of anilines is 3. The van der Waals surface area contributed by atoms with Crippen LogP contribution in [0.4, 0.5) is 17.6 Å². The standard InChI is InChI=1S/C18H18N6OS2/c1-11(26-18-23-16(19)22-17(20)24-18)15(25)21-13-9-5-6-10-14(13)27-12-7-3-2-4-8-12/h2-11H,1H3,(H,21,25)(H4,19,20,22,23,24). The molecule has 3 rings (SSSR count). The lowest BCUT2D eigenvalue weighted by Crippen LogP contribution is -2.23. The predicted octanol–water partition coefficient (Wildman–Crippen LogP) is 3.31. The van der Waals surface area contributed by atoms with Crippen LogP contribution in [-0.2, 0) is 4.79 Å². The molecule has 0 spiro atoms. The van der Waals surface area contributed by atoms with Crippen LogP contribution in [0, 0.1) is 0 Å². The summed E-state index contributed by atoms with van der Waals surface area (Å²) in [7, 11) is 0. The van der Waals surface area contributed by atoms with Gasteiger partial charge in [-0.15, -0.1) is 0 Å². The number of rotatable bonds is 6. The number of amides is 1. The Morgan fingerprint density at radius 2 is 1.59 bits per heavy atom. The van der Waals surface area contributed by atoms with Crippen molar-refractivity contribution in [3.8, 4) is 0 Å². The molecule has 1 atom stereocenters. The molecule has 138 valence electrons. The first-order valence-electron chi connectivity index (χ1n) is 8.08. The van der Waals surface area contributed by atoms with Gasteiger partial charge in [-0.05, 0) is 31.2 Å². The largest absolute Gasteiger partial charge is 0.368 e. The maximum atomic E-state index is 12.6. The number of para-hydroxylation sites is 1. The minimum absolute atomic E-state index is 0.0298. The molecule has 0 saturated carbocycles. The monoisotopic (exact) mass is 398 g/mol. The molecular formula is C18H18N6OS2. The third-order valence-corrected chi connectivity index (χ3v) is 5.46. The van der Waals surface area contributed by atoms with E-state index >= 15 is 0 Å². The molecule has 1 amide bonds. The molecule has 0 aliphatic rings. The molecule has 3 aromatic rings. The van der Waals surface area contributed by atoms with Gasteiger partial charge in [-0.2, -0.15) is 15.0 Å². The van der Waals surface area contributed by atoms with Crippen molar-refractivity contribution in [2.75, 3.05) is 16.8 Å². The Bertz CT molecular complexity index is 918. The van der Waals surface area contributed by atoms with E-state index in [1.807, 2.05) is 54.6 Å². The van der Waals surface area contributed by atoms with E-state index in [1.54, 1.807) is 18.7 Å². The Hall–Kier alpha value is -2.78. The zero-order valence-corrected chi connectivity index (χ0v) is 16.1. The summed E-state index contributed by atoms with van der Waals surface area (Å²) >= 11 is 2.76. The van der Waals surface area contributed by atoms with Gasteiger partial charge in [0.05, 0.1) is 10.9 Å². The first-order chi connectivity index (χ1) is 13.0. The van der Waals surface area contributed by atoms with Crippen LogP contribution in [0.25, 0.3) is 0 Å². The summed E-state index contributed by atoms with van der Waals surface area (Å²) in [6, 6.07) is 17.7. The van der Waals surface area contributed by atoms with Gasteiger partial charge >= 0.3 is 0 Å². The van der Waals surface area contributed by atoms with E-state index in [2.05, 4.69) is 20.3 Å². The number of carbonyl (C=O) groups is 1.